The fourth-order valence-corrected chi connectivity index (χ4v) is 2.86. The van der Waals surface area contributed by atoms with Crippen molar-refractivity contribution in [2.45, 2.75) is 33.4 Å². The number of hydrogen-bond acceptors (Lipinski definition) is 2. The Kier molecular flexibility index (Phi) is 7.23. The molecule has 132 valence electrons. The number of fused-ring (bicyclic) bond motifs is 1. The summed E-state index contributed by atoms with van der Waals surface area (Å²) in [5, 5.41) is 4.97. The summed E-state index contributed by atoms with van der Waals surface area (Å²) in [7, 11) is 0. The van der Waals surface area contributed by atoms with Gasteiger partial charge in [-0.2, -0.15) is 0 Å². The summed E-state index contributed by atoms with van der Waals surface area (Å²) < 4.78 is 1.82. The second-order valence-corrected chi connectivity index (χ2v) is 6.41. The zero-order valence-corrected chi connectivity index (χ0v) is 15.6. The third-order valence-corrected chi connectivity index (χ3v) is 4.12. The van der Waals surface area contributed by atoms with E-state index in [0.29, 0.717) is 24.7 Å². The molecule has 0 atom stereocenters. The van der Waals surface area contributed by atoms with E-state index in [1.165, 1.54) is 0 Å². The molecule has 2 aromatic rings. The third kappa shape index (κ3) is 5.18. The number of aromatic nitrogens is 1. The number of pyridine rings is 1. The normalized spacial score (nSPS) is 11.8. The third-order valence-electron chi connectivity index (χ3n) is 3.88. The highest BCUT2D eigenvalue weighted by atomic mass is 35.5. The largest absolute Gasteiger partial charge is 0.308 e. The average molecular weight is 357 g/mol. The Hall–Kier alpha value is -2.10. The maximum absolute atomic E-state index is 12.8. The van der Waals surface area contributed by atoms with Gasteiger partial charge >= 0.3 is 0 Å². The molecule has 0 fully saturated rings. The van der Waals surface area contributed by atoms with Crippen LogP contribution in [0.15, 0.2) is 65.5 Å². The second kappa shape index (κ2) is 9.40. The molecule has 1 heterocycles. The van der Waals surface area contributed by atoms with Crippen LogP contribution in [0.4, 0.5) is 0 Å². The molecule has 0 bridgehead atoms. The molecule has 0 saturated carbocycles. The maximum Gasteiger partial charge on any atom is 0.255 e. The smallest absolute Gasteiger partial charge is 0.255 e. The van der Waals surface area contributed by atoms with E-state index >= 15 is 0 Å². The Morgan fingerprint density at radius 1 is 1.32 bits per heavy atom. The van der Waals surface area contributed by atoms with Gasteiger partial charge in [0.25, 0.3) is 5.56 Å². The molecule has 3 nitrogen and oxygen atoms in total. The predicted molar refractivity (Wildman–Crippen MR) is 108 cm³/mol. The van der Waals surface area contributed by atoms with E-state index in [2.05, 4.69) is 18.8 Å². The molecule has 0 aliphatic rings. The van der Waals surface area contributed by atoms with Gasteiger partial charge in [0.05, 0.1) is 5.52 Å². The first-order chi connectivity index (χ1) is 12.1. The molecular formula is C21H25ClN2O. The van der Waals surface area contributed by atoms with E-state index < -0.39 is 0 Å². The van der Waals surface area contributed by atoms with Crippen molar-refractivity contribution in [2.24, 2.45) is 0 Å². The molecule has 0 amide bonds. The number of allylic oxidation sites excluding steroid dienone is 3. The zero-order chi connectivity index (χ0) is 18.2. The van der Waals surface area contributed by atoms with Crippen molar-refractivity contribution < 1.29 is 0 Å². The van der Waals surface area contributed by atoms with Gasteiger partial charge in [-0.15, -0.1) is 0 Å². The van der Waals surface area contributed by atoms with Crippen molar-refractivity contribution in [3.05, 3.63) is 81.7 Å². The molecular weight excluding hydrogens is 332 g/mol. The van der Waals surface area contributed by atoms with E-state index in [1.54, 1.807) is 0 Å². The topological polar surface area (TPSA) is 34.0 Å². The number of hydrogen-bond donors (Lipinski definition) is 1. The SMILES string of the molecule is C=C(/C=C\C=C/C)CNCc1cc2ccc(Cl)cc2n(CCC)c1=O. The highest BCUT2D eigenvalue weighted by Gasteiger charge is 2.09. The molecule has 0 radical (unpaired) electrons. The summed E-state index contributed by atoms with van der Waals surface area (Å²) in [5.41, 5.74) is 2.66. The number of halogens is 1. The van der Waals surface area contributed by atoms with Crippen LogP contribution in [0, 0.1) is 0 Å². The van der Waals surface area contributed by atoms with Gasteiger partial charge in [-0.3, -0.25) is 4.79 Å². The summed E-state index contributed by atoms with van der Waals surface area (Å²) >= 11 is 6.10. The first-order valence-corrected chi connectivity index (χ1v) is 8.94. The van der Waals surface area contributed by atoms with Gasteiger partial charge in [0.2, 0.25) is 0 Å². The van der Waals surface area contributed by atoms with Crippen LogP contribution in [-0.2, 0) is 13.1 Å². The van der Waals surface area contributed by atoms with Gasteiger partial charge in [0.15, 0.2) is 0 Å². The quantitative estimate of drug-likeness (QED) is 0.686. The van der Waals surface area contributed by atoms with Gasteiger partial charge in [-0.1, -0.05) is 55.5 Å². The van der Waals surface area contributed by atoms with Crippen LogP contribution in [0.5, 0.6) is 0 Å². The predicted octanol–water partition coefficient (Wildman–Crippen LogP) is 4.84. The van der Waals surface area contributed by atoms with Crippen molar-refractivity contribution in [1.29, 1.82) is 0 Å². The monoisotopic (exact) mass is 356 g/mol. The fraction of sp³-hybridized carbons (Fsp3) is 0.286. The summed E-state index contributed by atoms with van der Waals surface area (Å²) in [6.07, 6.45) is 8.74. The lowest BCUT2D eigenvalue weighted by Crippen LogP contribution is -2.28. The van der Waals surface area contributed by atoms with Crippen molar-refractivity contribution in [3.63, 3.8) is 0 Å². The zero-order valence-electron chi connectivity index (χ0n) is 14.9. The van der Waals surface area contributed by atoms with E-state index in [-0.39, 0.29) is 5.56 Å². The van der Waals surface area contributed by atoms with Crippen LogP contribution in [0.25, 0.3) is 10.9 Å². The Morgan fingerprint density at radius 2 is 2.12 bits per heavy atom. The van der Waals surface area contributed by atoms with Gasteiger partial charge in [0, 0.05) is 30.2 Å². The Balaban J connectivity index is 2.21. The molecule has 0 spiro atoms. The number of aryl methyl sites for hydroxylation is 1. The minimum Gasteiger partial charge on any atom is -0.308 e. The minimum absolute atomic E-state index is 0.0409. The van der Waals surface area contributed by atoms with Gasteiger partial charge < -0.3 is 9.88 Å². The van der Waals surface area contributed by atoms with Crippen LogP contribution in [-0.4, -0.2) is 11.1 Å². The molecule has 1 aromatic heterocycles. The van der Waals surface area contributed by atoms with Gasteiger partial charge in [-0.05, 0) is 42.5 Å². The minimum atomic E-state index is 0.0409. The first-order valence-electron chi connectivity index (χ1n) is 8.56. The second-order valence-electron chi connectivity index (χ2n) is 5.98. The molecule has 0 saturated heterocycles. The van der Waals surface area contributed by atoms with Crippen molar-refractivity contribution >= 4 is 22.5 Å². The number of rotatable bonds is 8. The number of benzene rings is 1. The highest BCUT2D eigenvalue weighted by molar-refractivity contribution is 6.31. The molecule has 25 heavy (non-hydrogen) atoms. The summed E-state index contributed by atoms with van der Waals surface area (Å²) in [5.74, 6) is 0. The molecule has 2 rings (SSSR count). The maximum atomic E-state index is 12.8. The summed E-state index contributed by atoms with van der Waals surface area (Å²) in [6.45, 7) is 9.87. The van der Waals surface area contributed by atoms with Crippen LogP contribution in [0.2, 0.25) is 5.02 Å². The molecule has 0 unspecified atom stereocenters. The van der Waals surface area contributed by atoms with E-state index in [4.69, 9.17) is 11.6 Å². The Labute approximate surface area is 154 Å². The number of nitrogens with zero attached hydrogens (tertiary/aromatic N) is 1. The molecule has 1 N–H and O–H groups in total. The average Bonchev–Trinajstić information content (AvgIpc) is 2.59. The Bertz CT molecular complexity index is 862. The van der Waals surface area contributed by atoms with E-state index in [0.717, 1.165) is 28.5 Å². The van der Waals surface area contributed by atoms with Gasteiger partial charge in [0.1, 0.15) is 0 Å². The first kappa shape index (κ1) is 19.2. The molecule has 4 heteroatoms. The lowest BCUT2D eigenvalue weighted by atomic mass is 10.1. The molecule has 0 aliphatic carbocycles. The van der Waals surface area contributed by atoms with Crippen LogP contribution < -0.4 is 10.9 Å². The van der Waals surface area contributed by atoms with E-state index in [1.807, 2.05) is 60.1 Å². The van der Waals surface area contributed by atoms with Crippen molar-refractivity contribution in [2.75, 3.05) is 6.54 Å². The summed E-state index contributed by atoms with van der Waals surface area (Å²) in [4.78, 5) is 12.8. The van der Waals surface area contributed by atoms with Crippen molar-refractivity contribution in [3.8, 4) is 0 Å². The number of nitrogens with one attached hydrogen (secondary N) is 1. The highest BCUT2D eigenvalue weighted by Crippen LogP contribution is 2.19. The van der Waals surface area contributed by atoms with Gasteiger partial charge in [-0.25, -0.2) is 0 Å². The van der Waals surface area contributed by atoms with Crippen LogP contribution in [0.1, 0.15) is 25.8 Å². The lowest BCUT2D eigenvalue weighted by Gasteiger charge is -2.13. The van der Waals surface area contributed by atoms with E-state index in [9.17, 15) is 4.79 Å². The van der Waals surface area contributed by atoms with Crippen LogP contribution >= 0.6 is 11.6 Å². The summed E-state index contributed by atoms with van der Waals surface area (Å²) in [6, 6.07) is 7.63. The molecule has 1 aromatic carbocycles. The fourth-order valence-electron chi connectivity index (χ4n) is 2.70. The standard InChI is InChI=1S/C21H25ClN2O/c1-4-6-7-8-16(3)14-23-15-18-12-17-9-10-19(22)13-20(17)24(11-5-2)21(18)25/h4,6-10,12-13,23H,3,5,11,14-15H2,1-2H3/b6-4-,8-7-. The Morgan fingerprint density at radius 3 is 2.84 bits per heavy atom. The van der Waals surface area contributed by atoms with Crippen molar-refractivity contribution in [1.82, 2.24) is 9.88 Å². The molecule has 0 aliphatic heterocycles. The van der Waals surface area contributed by atoms with Crippen LogP contribution in [0.3, 0.4) is 0 Å². The lowest BCUT2D eigenvalue weighted by molar-refractivity contribution is 0.658.